The molecular weight excluding hydrogens is 528 g/mol. The second kappa shape index (κ2) is 12.9. The standard InChI is InChI=1S/C20H29F3N4O3.HI/c1-2-25-19(27-8-4-5-14(12-27)9-18(24)29)26-11-16(28)13-30-17-7-3-6-15(10-17)20(21,22)23;/h3,6-7,10,14,16,28H,2,4-5,8-9,11-13H2,1H3,(H2,24,29)(H,25,26);1H. The highest BCUT2D eigenvalue weighted by atomic mass is 127. The second-order valence-electron chi connectivity index (χ2n) is 7.31. The Balaban J connectivity index is 0.00000480. The maximum Gasteiger partial charge on any atom is 0.416 e. The number of guanidine groups is 1. The average Bonchev–Trinajstić information content (AvgIpc) is 2.69. The van der Waals surface area contributed by atoms with Crippen molar-refractivity contribution < 1.29 is 27.8 Å². The number of likely N-dealkylation sites (tertiary alicyclic amines) is 1. The van der Waals surface area contributed by atoms with Crippen LogP contribution in [0.1, 0.15) is 31.7 Å². The number of benzene rings is 1. The van der Waals surface area contributed by atoms with Crippen LogP contribution < -0.4 is 15.8 Å². The summed E-state index contributed by atoms with van der Waals surface area (Å²) in [5, 5.41) is 13.3. The van der Waals surface area contributed by atoms with Gasteiger partial charge in [0.05, 0.1) is 12.1 Å². The first-order valence-electron chi connectivity index (χ1n) is 9.98. The zero-order chi connectivity index (χ0) is 22.1. The Bertz CT molecular complexity index is 734. The van der Waals surface area contributed by atoms with Crippen LogP contribution in [0.5, 0.6) is 5.75 Å². The topological polar surface area (TPSA) is 100 Å². The van der Waals surface area contributed by atoms with Gasteiger partial charge in [-0.05, 0) is 43.9 Å². The van der Waals surface area contributed by atoms with Crippen molar-refractivity contribution in [2.24, 2.45) is 16.6 Å². The summed E-state index contributed by atoms with van der Waals surface area (Å²) in [6.45, 7) is 3.82. The number of primary amides is 1. The first kappa shape index (κ1) is 27.3. The van der Waals surface area contributed by atoms with Gasteiger partial charge in [-0.25, -0.2) is 0 Å². The molecule has 31 heavy (non-hydrogen) atoms. The fourth-order valence-corrected chi connectivity index (χ4v) is 3.33. The van der Waals surface area contributed by atoms with E-state index in [0.29, 0.717) is 25.5 Å². The summed E-state index contributed by atoms with van der Waals surface area (Å²) in [7, 11) is 0. The number of alkyl halides is 3. The Morgan fingerprint density at radius 2 is 2.19 bits per heavy atom. The molecule has 11 heteroatoms. The van der Waals surface area contributed by atoms with E-state index < -0.39 is 17.8 Å². The maximum atomic E-state index is 12.8. The number of carbonyl (C=O) groups excluding carboxylic acids is 1. The summed E-state index contributed by atoms with van der Waals surface area (Å²) >= 11 is 0. The summed E-state index contributed by atoms with van der Waals surface area (Å²) in [6, 6.07) is 4.51. The lowest BCUT2D eigenvalue weighted by atomic mass is 9.95. The third kappa shape index (κ3) is 9.50. The molecule has 1 heterocycles. The third-order valence-electron chi connectivity index (χ3n) is 4.70. The first-order valence-corrected chi connectivity index (χ1v) is 9.98. The van der Waals surface area contributed by atoms with Gasteiger partial charge in [0, 0.05) is 26.1 Å². The minimum absolute atomic E-state index is 0. The number of hydrogen-bond donors (Lipinski definition) is 3. The molecule has 1 aromatic carbocycles. The van der Waals surface area contributed by atoms with Gasteiger partial charge in [-0.3, -0.25) is 9.79 Å². The van der Waals surface area contributed by atoms with E-state index in [1.807, 2.05) is 11.8 Å². The minimum Gasteiger partial charge on any atom is -0.491 e. The number of hydrogen-bond acceptors (Lipinski definition) is 4. The van der Waals surface area contributed by atoms with Gasteiger partial charge in [-0.15, -0.1) is 24.0 Å². The number of halogens is 4. The van der Waals surface area contributed by atoms with E-state index in [2.05, 4.69) is 10.3 Å². The summed E-state index contributed by atoms with van der Waals surface area (Å²) < 4.78 is 43.6. The van der Waals surface area contributed by atoms with Crippen molar-refractivity contribution >= 4 is 35.8 Å². The number of nitrogens with zero attached hydrogens (tertiary/aromatic N) is 2. The molecule has 1 aliphatic heterocycles. The molecule has 0 saturated carbocycles. The Morgan fingerprint density at radius 1 is 1.45 bits per heavy atom. The van der Waals surface area contributed by atoms with Crippen LogP contribution in [0.3, 0.4) is 0 Å². The fourth-order valence-electron chi connectivity index (χ4n) is 3.33. The second-order valence-corrected chi connectivity index (χ2v) is 7.31. The molecule has 7 nitrogen and oxygen atoms in total. The summed E-state index contributed by atoms with van der Waals surface area (Å²) in [5.74, 6) is 0.482. The van der Waals surface area contributed by atoms with E-state index in [1.54, 1.807) is 0 Å². The number of ether oxygens (including phenoxy) is 1. The molecule has 0 bridgehead atoms. The Kier molecular flexibility index (Phi) is 11.4. The maximum absolute atomic E-state index is 12.8. The molecule has 0 spiro atoms. The Hall–Kier alpha value is -1.76. The van der Waals surface area contributed by atoms with E-state index in [-0.39, 0.29) is 54.7 Å². The van der Waals surface area contributed by atoms with Gasteiger partial charge in [0.25, 0.3) is 0 Å². The molecular formula is C20H30F3IN4O3. The summed E-state index contributed by atoms with van der Waals surface area (Å²) in [6.07, 6.45) is -3.29. The zero-order valence-corrected chi connectivity index (χ0v) is 19.7. The number of aliphatic hydroxyl groups is 1. The molecule has 1 aromatic rings. The number of rotatable bonds is 8. The van der Waals surface area contributed by atoms with Crippen molar-refractivity contribution in [3.8, 4) is 5.75 Å². The molecule has 1 fully saturated rings. The number of nitrogens with one attached hydrogen (secondary N) is 1. The molecule has 1 amide bonds. The van der Waals surface area contributed by atoms with Crippen molar-refractivity contribution in [2.45, 2.75) is 38.5 Å². The monoisotopic (exact) mass is 558 g/mol. The molecule has 0 aliphatic carbocycles. The molecule has 2 unspecified atom stereocenters. The first-order chi connectivity index (χ1) is 14.2. The van der Waals surface area contributed by atoms with Crippen molar-refractivity contribution in [3.63, 3.8) is 0 Å². The quantitative estimate of drug-likeness (QED) is 0.259. The van der Waals surface area contributed by atoms with Crippen molar-refractivity contribution in [1.82, 2.24) is 10.2 Å². The number of aliphatic hydroxyl groups excluding tert-OH is 1. The van der Waals surface area contributed by atoms with Crippen molar-refractivity contribution in [1.29, 1.82) is 0 Å². The molecule has 1 aliphatic rings. The molecule has 0 radical (unpaired) electrons. The lowest BCUT2D eigenvalue weighted by molar-refractivity contribution is -0.137. The van der Waals surface area contributed by atoms with Gasteiger partial charge in [-0.2, -0.15) is 13.2 Å². The highest BCUT2D eigenvalue weighted by Gasteiger charge is 2.30. The van der Waals surface area contributed by atoms with Gasteiger partial charge in [0.2, 0.25) is 5.91 Å². The Morgan fingerprint density at radius 3 is 2.84 bits per heavy atom. The van der Waals surface area contributed by atoms with Crippen LogP contribution in [-0.2, 0) is 11.0 Å². The normalized spacial score (nSPS) is 18.2. The highest BCUT2D eigenvalue weighted by molar-refractivity contribution is 14.0. The van der Waals surface area contributed by atoms with Gasteiger partial charge in [0.1, 0.15) is 18.5 Å². The van der Waals surface area contributed by atoms with E-state index >= 15 is 0 Å². The molecule has 2 atom stereocenters. The summed E-state index contributed by atoms with van der Waals surface area (Å²) in [5.41, 5.74) is 4.50. The van der Waals surface area contributed by atoms with Gasteiger partial charge >= 0.3 is 6.18 Å². The lowest BCUT2D eigenvalue weighted by Gasteiger charge is -2.34. The van der Waals surface area contributed by atoms with Crippen LogP contribution in [0, 0.1) is 5.92 Å². The predicted molar refractivity (Wildman–Crippen MR) is 122 cm³/mol. The zero-order valence-electron chi connectivity index (χ0n) is 17.4. The molecule has 1 saturated heterocycles. The van der Waals surface area contributed by atoms with E-state index in [9.17, 15) is 23.1 Å². The van der Waals surface area contributed by atoms with E-state index in [0.717, 1.165) is 31.5 Å². The van der Waals surface area contributed by atoms with Crippen molar-refractivity contribution in [2.75, 3.05) is 32.8 Å². The van der Waals surface area contributed by atoms with E-state index in [4.69, 9.17) is 10.5 Å². The number of amides is 1. The van der Waals surface area contributed by atoms with Crippen LogP contribution in [0.25, 0.3) is 0 Å². The SMILES string of the molecule is CCNC(=NCC(O)COc1cccc(C(F)(F)F)c1)N1CCCC(CC(N)=O)C1.I. The third-order valence-corrected chi connectivity index (χ3v) is 4.70. The van der Waals surface area contributed by atoms with Crippen LogP contribution in [0.15, 0.2) is 29.3 Å². The van der Waals surface area contributed by atoms with Crippen LogP contribution in [0.2, 0.25) is 0 Å². The highest BCUT2D eigenvalue weighted by Crippen LogP contribution is 2.31. The number of nitrogens with two attached hydrogens (primary N) is 1. The fraction of sp³-hybridized carbons (Fsp3) is 0.600. The van der Waals surface area contributed by atoms with Gasteiger partial charge < -0.3 is 25.8 Å². The lowest BCUT2D eigenvalue weighted by Crippen LogP contribution is -2.47. The number of piperidine rings is 1. The van der Waals surface area contributed by atoms with E-state index in [1.165, 1.54) is 12.1 Å². The van der Waals surface area contributed by atoms with Crippen LogP contribution in [0.4, 0.5) is 13.2 Å². The Labute approximate surface area is 197 Å². The molecule has 176 valence electrons. The molecule has 0 aromatic heterocycles. The van der Waals surface area contributed by atoms with Crippen LogP contribution in [-0.4, -0.2) is 60.8 Å². The van der Waals surface area contributed by atoms with Crippen LogP contribution >= 0.6 is 24.0 Å². The number of carbonyl (C=O) groups is 1. The molecule has 4 N–H and O–H groups in total. The van der Waals surface area contributed by atoms with Crippen molar-refractivity contribution in [3.05, 3.63) is 29.8 Å². The smallest absolute Gasteiger partial charge is 0.416 e. The predicted octanol–water partition coefficient (Wildman–Crippen LogP) is 2.62. The van der Waals surface area contributed by atoms with Gasteiger partial charge in [-0.1, -0.05) is 6.07 Å². The number of aliphatic imine (C=N–C) groups is 1. The minimum atomic E-state index is -4.45. The summed E-state index contributed by atoms with van der Waals surface area (Å²) in [4.78, 5) is 17.7. The average molecular weight is 558 g/mol. The molecule has 2 rings (SSSR count). The van der Waals surface area contributed by atoms with Gasteiger partial charge in [0.15, 0.2) is 5.96 Å². The largest absolute Gasteiger partial charge is 0.491 e.